The van der Waals surface area contributed by atoms with Crippen molar-refractivity contribution in [3.05, 3.63) is 77.2 Å². The Hall–Kier alpha value is -5.97. The van der Waals surface area contributed by atoms with Gasteiger partial charge in [0.05, 0.1) is 12.0 Å². The van der Waals surface area contributed by atoms with E-state index >= 15 is 4.39 Å². The van der Waals surface area contributed by atoms with Crippen molar-refractivity contribution in [3.63, 3.8) is 0 Å². The normalized spacial score (nSPS) is 24.1. The van der Waals surface area contributed by atoms with E-state index in [2.05, 4.69) is 43.2 Å². The predicted octanol–water partition coefficient (Wildman–Crippen LogP) is 4.87. The number of aromatic nitrogens is 3. The van der Waals surface area contributed by atoms with Gasteiger partial charge >= 0.3 is 6.01 Å². The van der Waals surface area contributed by atoms with Gasteiger partial charge in [0.2, 0.25) is 11.8 Å². The van der Waals surface area contributed by atoms with E-state index in [9.17, 15) is 19.5 Å². The fourth-order valence-electron chi connectivity index (χ4n) is 11.9. The minimum absolute atomic E-state index is 0.0155. The first-order chi connectivity index (χ1) is 32.6. The molecule has 0 radical (unpaired) electrons. The lowest BCUT2D eigenvalue weighted by Gasteiger charge is -2.45. The van der Waals surface area contributed by atoms with Gasteiger partial charge < -0.3 is 34.8 Å². The van der Waals surface area contributed by atoms with Crippen LogP contribution in [0.5, 0.6) is 11.8 Å². The van der Waals surface area contributed by atoms with Gasteiger partial charge in [0.1, 0.15) is 28.8 Å². The van der Waals surface area contributed by atoms with E-state index in [4.69, 9.17) is 19.7 Å². The summed E-state index contributed by atoms with van der Waals surface area (Å²) >= 11 is 0. The highest BCUT2D eigenvalue weighted by Gasteiger charge is 2.47. The van der Waals surface area contributed by atoms with E-state index < -0.39 is 11.9 Å². The first kappa shape index (κ1) is 42.4. The van der Waals surface area contributed by atoms with Crippen LogP contribution in [0.25, 0.3) is 32.9 Å². The molecule has 15 nitrogen and oxygen atoms in total. The number of anilines is 2. The molecule has 6 fully saturated rings. The van der Waals surface area contributed by atoms with E-state index in [-0.39, 0.29) is 52.5 Å². The summed E-state index contributed by atoms with van der Waals surface area (Å²) in [6.07, 6.45) is 7.38. The molecular formula is C51H57FN10O5. The van der Waals surface area contributed by atoms with Gasteiger partial charge in [-0.15, -0.1) is 0 Å². The average molecular weight is 909 g/mol. The minimum Gasteiger partial charge on any atom is -0.508 e. The van der Waals surface area contributed by atoms with E-state index in [1.807, 2.05) is 30.3 Å². The van der Waals surface area contributed by atoms with Gasteiger partial charge in [-0.25, -0.2) is 4.39 Å². The van der Waals surface area contributed by atoms with Crippen LogP contribution in [-0.2, 0) is 22.6 Å². The number of hydrogen-bond acceptors (Lipinski definition) is 13. The molecule has 1 aliphatic carbocycles. The van der Waals surface area contributed by atoms with E-state index in [0.717, 1.165) is 125 Å². The average Bonchev–Trinajstić information content (AvgIpc) is 3.90. The molecule has 16 heteroatoms. The summed E-state index contributed by atoms with van der Waals surface area (Å²) in [5.74, 6) is -0.0362. The number of imide groups is 1. The van der Waals surface area contributed by atoms with Gasteiger partial charge in [0.15, 0.2) is 5.82 Å². The van der Waals surface area contributed by atoms with Crippen molar-refractivity contribution in [2.45, 2.75) is 76.5 Å². The number of piperidine rings is 1. The fourth-order valence-corrected chi connectivity index (χ4v) is 11.9. The van der Waals surface area contributed by atoms with Gasteiger partial charge in [-0.1, -0.05) is 25.1 Å². The first-order valence-electron chi connectivity index (χ1n) is 24.3. The SMILES string of the molecule is CCc1cccc2cc(O)cc(-c3ncc4c(N5CC6CCC(C5)N6)nc(OCC5(CN6CC(CN7CCN(c8ccc9c(c8)CN([C@H]8CCC(=O)NC8=O)C9=O)CC7)C6)CC5)nc4c3F)c12. The summed E-state index contributed by atoms with van der Waals surface area (Å²) in [6, 6.07) is 15.5. The van der Waals surface area contributed by atoms with Crippen molar-refractivity contribution in [1.82, 2.24) is 40.3 Å². The number of nitrogens with one attached hydrogen (secondary N) is 2. The number of nitrogens with zero attached hydrogens (tertiary/aromatic N) is 8. The van der Waals surface area contributed by atoms with Crippen LogP contribution in [0.2, 0.25) is 0 Å². The highest BCUT2D eigenvalue weighted by atomic mass is 19.1. The molecule has 67 heavy (non-hydrogen) atoms. The lowest BCUT2D eigenvalue weighted by atomic mass is 9.95. The standard InChI is InChI=1S/C51H57FN10O5/c1-2-31-4-3-5-32-19-37(63)20-39(43(31)32)45-44(52)46-40(21-53-45)47(61-26-34-6-7-35(27-61)54-34)57-50(56-46)67-29-51(12-13-51)28-59-23-30(24-59)22-58-14-16-60(17-15-58)36-8-9-38-33(18-36)25-62(49(38)66)41-10-11-42(64)55-48(41)65/h3-5,8-9,18-21,30,34-35,41,54,63H,2,6-7,10-17,22-29H2,1H3,(H,55,64,65)/t34?,35?,41-/m0/s1. The Morgan fingerprint density at radius 3 is 2.46 bits per heavy atom. The number of ether oxygens (including phenoxy) is 1. The molecule has 8 heterocycles. The van der Waals surface area contributed by atoms with Gasteiger partial charge in [-0.3, -0.25) is 29.6 Å². The summed E-state index contributed by atoms with van der Waals surface area (Å²) in [4.78, 5) is 63.3. The van der Waals surface area contributed by atoms with Gasteiger partial charge in [-0.2, -0.15) is 9.97 Å². The third-order valence-corrected chi connectivity index (χ3v) is 15.7. The number of aryl methyl sites for hydroxylation is 1. The number of amides is 3. The number of pyridine rings is 1. The Morgan fingerprint density at radius 1 is 0.896 bits per heavy atom. The molecule has 0 spiro atoms. The Morgan fingerprint density at radius 2 is 1.70 bits per heavy atom. The number of aromatic hydroxyl groups is 1. The third kappa shape index (κ3) is 7.89. The van der Waals surface area contributed by atoms with Crippen LogP contribution in [0.3, 0.4) is 0 Å². The topological polar surface area (TPSA) is 160 Å². The van der Waals surface area contributed by atoms with Crippen LogP contribution < -0.4 is 25.2 Å². The van der Waals surface area contributed by atoms with Crippen LogP contribution in [0, 0.1) is 17.2 Å². The number of phenolic OH excluding ortho intramolecular Hbond substituents is 1. The maximum atomic E-state index is 17.1. The first-order valence-corrected chi connectivity index (χ1v) is 24.3. The molecule has 3 aromatic carbocycles. The van der Waals surface area contributed by atoms with Crippen molar-refractivity contribution in [1.29, 1.82) is 0 Å². The summed E-state index contributed by atoms with van der Waals surface area (Å²) in [5.41, 5.74) is 4.62. The van der Waals surface area contributed by atoms with Gasteiger partial charge in [0, 0.05) is 119 Å². The Balaban J connectivity index is 0.686. The van der Waals surface area contributed by atoms with Crippen molar-refractivity contribution in [2.24, 2.45) is 11.3 Å². The highest BCUT2D eigenvalue weighted by Crippen LogP contribution is 2.48. The van der Waals surface area contributed by atoms with E-state index in [1.54, 1.807) is 23.2 Å². The number of likely N-dealkylation sites (tertiary alicyclic amines) is 1. The van der Waals surface area contributed by atoms with Crippen molar-refractivity contribution in [2.75, 3.05) is 81.9 Å². The molecule has 3 amide bonds. The molecular weight excluding hydrogens is 852 g/mol. The molecule has 348 valence electrons. The molecule has 5 aromatic rings. The minimum atomic E-state index is -0.610. The molecule has 6 aliphatic heterocycles. The number of rotatable bonds is 12. The number of carbonyl (C=O) groups is 3. The summed E-state index contributed by atoms with van der Waals surface area (Å²) in [5, 5.41) is 19.1. The zero-order valence-electron chi connectivity index (χ0n) is 38.0. The second-order valence-corrected chi connectivity index (χ2v) is 20.3. The zero-order valence-corrected chi connectivity index (χ0v) is 38.0. The largest absolute Gasteiger partial charge is 0.508 e. The number of fused-ring (bicyclic) bond motifs is 5. The number of carbonyl (C=O) groups excluding carboxylic acids is 3. The summed E-state index contributed by atoms with van der Waals surface area (Å²) < 4.78 is 23.7. The quantitative estimate of drug-likeness (QED) is 0.146. The van der Waals surface area contributed by atoms with Crippen LogP contribution in [0.4, 0.5) is 15.9 Å². The van der Waals surface area contributed by atoms with E-state index in [1.165, 1.54) is 0 Å². The molecule has 7 aliphatic rings. The van der Waals surface area contributed by atoms with Crippen molar-refractivity contribution in [3.8, 4) is 23.0 Å². The number of benzene rings is 3. The Kier molecular flexibility index (Phi) is 10.5. The zero-order chi connectivity index (χ0) is 45.6. The van der Waals surface area contributed by atoms with Crippen LogP contribution in [0.1, 0.15) is 66.9 Å². The maximum absolute atomic E-state index is 17.1. The Bertz CT molecular complexity index is 2810. The predicted molar refractivity (Wildman–Crippen MR) is 252 cm³/mol. The third-order valence-electron chi connectivity index (χ3n) is 15.7. The van der Waals surface area contributed by atoms with Gasteiger partial charge in [-0.05, 0) is 96.7 Å². The molecule has 2 unspecified atom stereocenters. The maximum Gasteiger partial charge on any atom is 0.319 e. The van der Waals surface area contributed by atoms with Crippen LogP contribution in [0.15, 0.2) is 54.7 Å². The molecule has 2 bridgehead atoms. The van der Waals surface area contributed by atoms with Crippen LogP contribution >= 0.6 is 0 Å². The fraction of sp³-hybridized carbons (Fsp3) is 0.490. The molecule has 3 N–H and O–H groups in total. The number of phenols is 1. The van der Waals surface area contributed by atoms with Gasteiger partial charge in [0.25, 0.3) is 5.91 Å². The summed E-state index contributed by atoms with van der Waals surface area (Å²) in [6.45, 7) is 12.3. The number of hydrogen-bond donors (Lipinski definition) is 3. The van der Waals surface area contributed by atoms with Crippen molar-refractivity contribution >= 4 is 50.9 Å². The highest BCUT2D eigenvalue weighted by molar-refractivity contribution is 6.06. The molecule has 12 rings (SSSR count). The van der Waals surface area contributed by atoms with Crippen LogP contribution in [-0.4, -0.2) is 143 Å². The number of piperazine rings is 2. The monoisotopic (exact) mass is 908 g/mol. The Labute approximate surface area is 388 Å². The van der Waals surface area contributed by atoms with Crippen molar-refractivity contribution < 1.29 is 28.6 Å². The smallest absolute Gasteiger partial charge is 0.319 e. The van der Waals surface area contributed by atoms with E-state index in [0.29, 0.717) is 59.9 Å². The second kappa shape index (κ2) is 16.7. The summed E-state index contributed by atoms with van der Waals surface area (Å²) in [7, 11) is 0. The molecule has 1 saturated carbocycles. The number of halogens is 1. The molecule has 2 aromatic heterocycles. The second-order valence-electron chi connectivity index (χ2n) is 20.3. The lowest BCUT2D eigenvalue weighted by molar-refractivity contribution is -0.136. The molecule has 3 atom stereocenters. The lowest BCUT2D eigenvalue weighted by Crippen LogP contribution is -2.56. The molecule has 5 saturated heterocycles.